The van der Waals surface area contributed by atoms with E-state index in [9.17, 15) is 4.79 Å². The molecule has 0 saturated carbocycles. The average molecular weight is 343 g/mol. The van der Waals surface area contributed by atoms with Gasteiger partial charge in [-0.2, -0.15) is 0 Å². The molecular weight excluding hydrogens is 318 g/mol. The van der Waals surface area contributed by atoms with Gasteiger partial charge in [-0.15, -0.1) is 0 Å². The van der Waals surface area contributed by atoms with Crippen LogP contribution in [0.1, 0.15) is 30.5 Å². The van der Waals surface area contributed by atoms with Crippen LogP contribution in [-0.4, -0.2) is 26.7 Å². The Morgan fingerprint density at radius 1 is 1.04 bits per heavy atom. The van der Waals surface area contributed by atoms with Gasteiger partial charge in [-0.05, 0) is 54.8 Å². The largest absolute Gasteiger partial charge is 0.497 e. The second-order valence-electron chi connectivity index (χ2n) is 5.72. The van der Waals surface area contributed by atoms with Crippen molar-refractivity contribution in [3.63, 3.8) is 0 Å². The molecule has 0 aliphatic carbocycles. The first-order chi connectivity index (χ1) is 12.1. The van der Waals surface area contributed by atoms with Gasteiger partial charge in [0.1, 0.15) is 17.2 Å². The van der Waals surface area contributed by atoms with Crippen molar-refractivity contribution in [1.82, 2.24) is 5.32 Å². The lowest BCUT2D eigenvalue weighted by molar-refractivity contribution is -0.123. The number of hydrogen-bond donors (Lipinski definition) is 1. The van der Waals surface area contributed by atoms with Crippen LogP contribution in [0.2, 0.25) is 0 Å². The van der Waals surface area contributed by atoms with Crippen LogP contribution in [0.5, 0.6) is 17.2 Å². The van der Waals surface area contributed by atoms with Crippen molar-refractivity contribution in [2.24, 2.45) is 0 Å². The number of methoxy groups -OCH3 is 2. The molecule has 0 aliphatic rings. The van der Waals surface area contributed by atoms with E-state index in [0.717, 1.165) is 29.0 Å². The molecule has 25 heavy (non-hydrogen) atoms. The van der Waals surface area contributed by atoms with Gasteiger partial charge in [0.2, 0.25) is 0 Å². The minimum Gasteiger partial charge on any atom is -0.497 e. The Hall–Kier alpha value is -2.69. The van der Waals surface area contributed by atoms with Gasteiger partial charge in [0.25, 0.3) is 5.91 Å². The van der Waals surface area contributed by atoms with Crippen LogP contribution in [-0.2, 0) is 4.79 Å². The Kier molecular flexibility index (Phi) is 6.69. The second-order valence-corrected chi connectivity index (χ2v) is 5.72. The molecule has 0 radical (unpaired) electrons. The number of ether oxygens (including phenoxy) is 3. The van der Waals surface area contributed by atoms with E-state index in [-0.39, 0.29) is 18.6 Å². The Labute approximate surface area is 148 Å². The van der Waals surface area contributed by atoms with Gasteiger partial charge in [0, 0.05) is 0 Å². The first-order valence-electron chi connectivity index (χ1n) is 8.28. The highest BCUT2D eigenvalue weighted by atomic mass is 16.5. The van der Waals surface area contributed by atoms with Gasteiger partial charge in [-0.3, -0.25) is 4.79 Å². The molecule has 5 heteroatoms. The number of carbonyl (C=O) groups excluding carboxylic acids is 1. The fourth-order valence-corrected chi connectivity index (χ4v) is 2.60. The van der Waals surface area contributed by atoms with Crippen molar-refractivity contribution in [3.05, 3.63) is 53.6 Å². The third-order valence-corrected chi connectivity index (χ3v) is 3.99. The summed E-state index contributed by atoms with van der Waals surface area (Å²) in [5, 5.41) is 3.01. The lowest BCUT2D eigenvalue weighted by Gasteiger charge is -2.19. The van der Waals surface area contributed by atoms with Crippen LogP contribution in [0.3, 0.4) is 0 Å². The monoisotopic (exact) mass is 343 g/mol. The van der Waals surface area contributed by atoms with Crippen LogP contribution < -0.4 is 19.5 Å². The Morgan fingerprint density at radius 2 is 1.72 bits per heavy atom. The summed E-state index contributed by atoms with van der Waals surface area (Å²) < 4.78 is 15.9. The maximum atomic E-state index is 12.2. The Morgan fingerprint density at radius 3 is 2.28 bits per heavy atom. The Balaban J connectivity index is 1.93. The molecule has 1 atom stereocenters. The highest BCUT2D eigenvalue weighted by Crippen LogP contribution is 2.24. The molecule has 134 valence electrons. The summed E-state index contributed by atoms with van der Waals surface area (Å²) in [7, 11) is 3.26. The minimum absolute atomic E-state index is 0.0298. The number of aryl methyl sites for hydroxylation is 1. The van der Waals surface area contributed by atoms with E-state index in [1.165, 1.54) is 0 Å². The van der Waals surface area contributed by atoms with Crippen molar-refractivity contribution < 1.29 is 19.0 Å². The number of nitrogens with one attached hydrogen (secondary N) is 1. The second kappa shape index (κ2) is 8.97. The summed E-state index contributed by atoms with van der Waals surface area (Å²) in [5.74, 6) is 2.06. The summed E-state index contributed by atoms with van der Waals surface area (Å²) in [6, 6.07) is 13.0. The van der Waals surface area contributed by atoms with Crippen LogP contribution in [0.15, 0.2) is 42.5 Å². The zero-order valence-corrected chi connectivity index (χ0v) is 15.2. The number of hydrogen-bond acceptors (Lipinski definition) is 4. The van der Waals surface area contributed by atoms with Gasteiger partial charge < -0.3 is 19.5 Å². The highest BCUT2D eigenvalue weighted by molar-refractivity contribution is 5.78. The molecule has 0 aromatic heterocycles. The maximum absolute atomic E-state index is 12.2. The van der Waals surface area contributed by atoms with E-state index in [1.807, 2.05) is 32.0 Å². The zero-order valence-electron chi connectivity index (χ0n) is 15.2. The predicted octanol–water partition coefficient (Wildman–Crippen LogP) is 3.66. The van der Waals surface area contributed by atoms with Crippen molar-refractivity contribution in [3.8, 4) is 17.2 Å². The lowest BCUT2D eigenvalue weighted by atomic mass is 10.0. The molecule has 5 nitrogen and oxygen atoms in total. The molecular formula is C20H25NO4. The molecule has 0 spiro atoms. The van der Waals surface area contributed by atoms with E-state index >= 15 is 0 Å². The normalized spacial score (nSPS) is 11.5. The Bertz CT molecular complexity index is 697. The summed E-state index contributed by atoms with van der Waals surface area (Å²) in [4.78, 5) is 12.2. The molecule has 2 aromatic rings. The van der Waals surface area contributed by atoms with Crippen LogP contribution >= 0.6 is 0 Å². The van der Waals surface area contributed by atoms with Gasteiger partial charge in [0.05, 0.1) is 20.3 Å². The SMILES string of the molecule is CC[C@@H](NC(=O)COc1ccc(OC)cc1)c1ccc(OC)c(C)c1. The zero-order chi connectivity index (χ0) is 18.2. The molecule has 1 N–H and O–H groups in total. The molecule has 0 bridgehead atoms. The molecule has 0 unspecified atom stereocenters. The number of carbonyl (C=O) groups is 1. The van der Waals surface area contributed by atoms with Crippen molar-refractivity contribution in [1.29, 1.82) is 0 Å². The fourth-order valence-electron chi connectivity index (χ4n) is 2.60. The summed E-state index contributed by atoms with van der Waals surface area (Å²) in [6.45, 7) is 4.00. The molecule has 1 amide bonds. The van der Waals surface area contributed by atoms with E-state index in [4.69, 9.17) is 14.2 Å². The van der Waals surface area contributed by atoms with E-state index in [2.05, 4.69) is 5.32 Å². The van der Waals surface area contributed by atoms with Gasteiger partial charge in [-0.25, -0.2) is 0 Å². The van der Waals surface area contributed by atoms with E-state index < -0.39 is 0 Å². The first kappa shape index (κ1) is 18.6. The summed E-state index contributed by atoms with van der Waals surface area (Å²) in [6.07, 6.45) is 0.792. The standard InChI is InChI=1S/C20H25NO4/c1-5-18(15-6-11-19(24-4)14(2)12-15)21-20(22)13-25-17-9-7-16(23-3)8-10-17/h6-12,18H,5,13H2,1-4H3,(H,21,22)/t18-/m1/s1. The molecule has 0 aliphatic heterocycles. The lowest BCUT2D eigenvalue weighted by Crippen LogP contribution is -2.32. The third-order valence-electron chi connectivity index (χ3n) is 3.99. The average Bonchev–Trinajstić information content (AvgIpc) is 2.64. The van der Waals surface area contributed by atoms with Gasteiger partial charge in [-0.1, -0.05) is 19.1 Å². The molecule has 2 aromatic carbocycles. The van der Waals surface area contributed by atoms with Gasteiger partial charge >= 0.3 is 0 Å². The van der Waals surface area contributed by atoms with Crippen molar-refractivity contribution >= 4 is 5.91 Å². The maximum Gasteiger partial charge on any atom is 0.258 e. The molecule has 0 saturated heterocycles. The van der Waals surface area contributed by atoms with Crippen molar-refractivity contribution in [2.45, 2.75) is 26.3 Å². The first-order valence-corrected chi connectivity index (χ1v) is 8.28. The van der Waals surface area contributed by atoms with Crippen LogP contribution in [0.4, 0.5) is 0 Å². The highest BCUT2D eigenvalue weighted by Gasteiger charge is 2.14. The third kappa shape index (κ3) is 5.14. The minimum atomic E-state index is -0.156. The van der Waals surface area contributed by atoms with E-state index in [1.54, 1.807) is 38.5 Å². The number of amides is 1. The topological polar surface area (TPSA) is 56.8 Å². The summed E-state index contributed by atoms with van der Waals surface area (Å²) >= 11 is 0. The summed E-state index contributed by atoms with van der Waals surface area (Å²) in [5.41, 5.74) is 2.10. The molecule has 0 fully saturated rings. The predicted molar refractivity (Wildman–Crippen MR) is 97.4 cm³/mol. The fraction of sp³-hybridized carbons (Fsp3) is 0.350. The van der Waals surface area contributed by atoms with E-state index in [0.29, 0.717) is 5.75 Å². The molecule has 0 heterocycles. The molecule has 2 rings (SSSR count). The van der Waals surface area contributed by atoms with Crippen LogP contribution in [0.25, 0.3) is 0 Å². The smallest absolute Gasteiger partial charge is 0.258 e. The quantitative estimate of drug-likeness (QED) is 0.795. The van der Waals surface area contributed by atoms with Gasteiger partial charge in [0.15, 0.2) is 6.61 Å². The van der Waals surface area contributed by atoms with Crippen LogP contribution in [0, 0.1) is 6.92 Å². The van der Waals surface area contributed by atoms with Crippen molar-refractivity contribution in [2.75, 3.05) is 20.8 Å². The number of benzene rings is 2. The number of rotatable bonds is 8.